The fourth-order valence-electron chi connectivity index (χ4n) is 2.27. The van der Waals surface area contributed by atoms with E-state index in [4.69, 9.17) is 20.1 Å². The Hall–Kier alpha value is -3.72. The van der Waals surface area contributed by atoms with Crippen molar-refractivity contribution in [1.82, 2.24) is 5.27 Å². The first-order valence-corrected chi connectivity index (χ1v) is 8.01. The molecule has 0 aliphatic heterocycles. The third kappa shape index (κ3) is 4.89. The number of aromatic nitrogens is 2. The van der Waals surface area contributed by atoms with Crippen molar-refractivity contribution in [2.75, 3.05) is 5.32 Å². The van der Waals surface area contributed by atoms with Crippen molar-refractivity contribution in [1.29, 1.82) is 0 Å². The highest BCUT2D eigenvalue weighted by Crippen LogP contribution is 2.14. The lowest BCUT2D eigenvalue weighted by molar-refractivity contribution is -0.670. The zero-order valence-corrected chi connectivity index (χ0v) is 14.1. The molecule has 0 aliphatic carbocycles. The lowest BCUT2D eigenvalue weighted by Gasteiger charge is -2.07. The number of nitrogens with one attached hydrogen (secondary N) is 1. The van der Waals surface area contributed by atoms with Crippen LogP contribution >= 0.6 is 0 Å². The van der Waals surface area contributed by atoms with Crippen LogP contribution in [0.3, 0.4) is 0 Å². The van der Waals surface area contributed by atoms with E-state index < -0.39 is 18.1 Å². The Labute approximate surface area is 153 Å². The van der Waals surface area contributed by atoms with E-state index in [1.807, 2.05) is 30.3 Å². The van der Waals surface area contributed by atoms with Gasteiger partial charge in [-0.05, 0) is 28.8 Å². The number of carboxylic acids is 1. The van der Waals surface area contributed by atoms with E-state index in [2.05, 4.69) is 10.6 Å². The lowest BCUT2D eigenvalue weighted by Crippen LogP contribution is -2.32. The highest BCUT2D eigenvalue weighted by Gasteiger charge is 2.17. The Kier molecular flexibility index (Phi) is 5.43. The van der Waals surface area contributed by atoms with Gasteiger partial charge in [0.05, 0.1) is 0 Å². The molecule has 138 valence electrons. The predicted molar refractivity (Wildman–Crippen MR) is 93.4 cm³/mol. The number of amides is 1. The van der Waals surface area contributed by atoms with Crippen LogP contribution in [0.15, 0.2) is 65.3 Å². The number of anilines is 1. The first kappa shape index (κ1) is 18.1. The number of nitrogens with zero attached hydrogens (tertiary/aromatic N) is 2. The number of carbonyl (C=O) groups excluding carboxylic acids is 1. The summed E-state index contributed by atoms with van der Waals surface area (Å²) in [5.41, 5.74) is 6.98. The van der Waals surface area contributed by atoms with E-state index in [0.717, 1.165) is 11.3 Å². The Morgan fingerprint density at radius 2 is 1.89 bits per heavy atom. The number of ether oxygens (including phenoxy) is 1. The topological polar surface area (TPSA) is 132 Å². The molecule has 0 saturated carbocycles. The minimum atomic E-state index is -1.07. The van der Waals surface area contributed by atoms with Crippen molar-refractivity contribution in [3.63, 3.8) is 0 Å². The predicted octanol–water partition coefficient (Wildman–Crippen LogP) is 1.52. The van der Waals surface area contributed by atoms with Crippen LogP contribution in [-0.2, 0) is 11.2 Å². The van der Waals surface area contributed by atoms with E-state index >= 15 is 0 Å². The van der Waals surface area contributed by atoms with E-state index in [-0.39, 0.29) is 18.1 Å². The van der Waals surface area contributed by atoms with Crippen LogP contribution < -0.4 is 20.5 Å². The van der Waals surface area contributed by atoms with Gasteiger partial charge in [0.25, 0.3) is 6.20 Å². The molecule has 27 heavy (non-hydrogen) atoms. The minimum absolute atomic E-state index is 0.118. The van der Waals surface area contributed by atoms with E-state index in [0.29, 0.717) is 0 Å². The normalized spacial score (nSPS) is 11.6. The monoisotopic (exact) mass is 369 g/mol. The van der Waals surface area contributed by atoms with E-state index in [9.17, 15) is 9.59 Å². The maximum absolute atomic E-state index is 12.0. The summed E-state index contributed by atoms with van der Waals surface area (Å²) < 4.78 is 11.7. The fraction of sp³-hybridized carbons (Fsp3) is 0.111. The van der Waals surface area contributed by atoms with Crippen molar-refractivity contribution in [2.24, 2.45) is 5.73 Å². The smallest absolute Gasteiger partial charge is 0.419 e. The van der Waals surface area contributed by atoms with E-state index in [1.165, 1.54) is 10.9 Å². The van der Waals surface area contributed by atoms with Crippen LogP contribution in [0.25, 0.3) is 5.69 Å². The second-order valence-electron chi connectivity index (χ2n) is 5.65. The number of hydrogen-bond donors (Lipinski definition) is 3. The summed E-state index contributed by atoms with van der Waals surface area (Å²) in [5.74, 6) is -0.669. The van der Waals surface area contributed by atoms with Crippen molar-refractivity contribution in [3.8, 4) is 11.4 Å². The zero-order chi connectivity index (χ0) is 19.2. The highest BCUT2D eigenvalue weighted by atomic mass is 16.6. The van der Waals surface area contributed by atoms with Gasteiger partial charge in [-0.1, -0.05) is 30.3 Å². The number of nitrogens with two attached hydrogens (primary N) is 1. The summed E-state index contributed by atoms with van der Waals surface area (Å²) in [4.78, 5) is 22.7. The van der Waals surface area contributed by atoms with E-state index in [1.54, 1.807) is 24.3 Å². The molecule has 3 rings (SSSR count). The Morgan fingerprint density at radius 1 is 1.19 bits per heavy atom. The third-order valence-corrected chi connectivity index (χ3v) is 3.62. The summed E-state index contributed by atoms with van der Waals surface area (Å²) in [5, 5.41) is 15.1. The molecular weight excluding hydrogens is 352 g/mol. The maximum Gasteiger partial charge on any atom is 0.419 e. The molecule has 9 heteroatoms. The van der Waals surface area contributed by atoms with Gasteiger partial charge >= 0.3 is 17.9 Å². The number of aliphatic carboxylic acids is 1. The maximum atomic E-state index is 12.0. The van der Waals surface area contributed by atoms with Crippen molar-refractivity contribution >= 4 is 17.9 Å². The van der Waals surface area contributed by atoms with Gasteiger partial charge in [-0.15, -0.1) is 0 Å². The number of rotatable bonds is 6. The van der Waals surface area contributed by atoms with Crippen molar-refractivity contribution in [3.05, 3.63) is 66.4 Å². The molecule has 0 spiro atoms. The SMILES string of the molecule is N[C@@H](Cc1ccc(OC(=O)Nc2c[n+](-c3ccccc3)no2)cc1)C(=O)O. The van der Waals surface area contributed by atoms with Gasteiger partial charge in [0.1, 0.15) is 11.8 Å². The molecular formula is C18H17N4O5+. The fourth-order valence-corrected chi connectivity index (χ4v) is 2.27. The molecule has 1 amide bonds. The van der Waals surface area contributed by atoms with Crippen molar-refractivity contribution in [2.45, 2.75) is 12.5 Å². The Morgan fingerprint density at radius 3 is 2.56 bits per heavy atom. The molecule has 1 atom stereocenters. The van der Waals surface area contributed by atoms with Gasteiger partial charge in [0.15, 0.2) is 0 Å². The molecule has 0 aliphatic rings. The first-order chi connectivity index (χ1) is 13.0. The number of benzene rings is 2. The molecule has 9 nitrogen and oxygen atoms in total. The summed E-state index contributed by atoms with van der Waals surface area (Å²) in [6.07, 6.45) is 0.938. The Balaban J connectivity index is 1.56. The molecule has 0 radical (unpaired) electrons. The largest absolute Gasteiger partial charge is 0.480 e. The van der Waals surface area contributed by atoms with Gasteiger partial charge in [-0.25, -0.2) is 4.79 Å². The van der Waals surface area contributed by atoms with Crippen LogP contribution in [0.4, 0.5) is 10.7 Å². The highest BCUT2D eigenvalue weighted by molar-refractivity contribution is 5.84. The van der Waals surface area contributed by atoms with Gasteiger partial charge < -0.3 is 15.6 Å². The summed E-state index contributed by atoms with van der Waals surface area (Å²) in [6.45, 7) is 0. The van der Waals surface area contributed by atoms with Crippen LogP contribution in [0, 0.1) is 0 Å². The van der Waals surface area contributed by atoms with Crippen molar-refractivity contribution < 1.29 is 28.6 Å². The second-order valence-corrected chi connectivity index (χ2v) is 5.65. The molecule has 3 aromatic rings. The average Bonchev–Trinajstić information content (AvgIpc) is 3.12. The average molecular weight is 369 g/mol. The van der Waals surface area contributed by atoms with Crippen LogP contribution in [0.5, 0.6) is 5.75 Å². The first-order valence-electron chi connectivity index (χ1n) is 8.01. The van der Waals surface area contributed by atoms with Gasteiger partial charge in [0, 0.05) is 12.1 Å². The van der Waals surface area contributed by atoms with Crippen LogP contribution in [0.2, 0.25) is 0 Å². The third-order valence-electron chi connectivity index (χ3n) is 3.62. The molecule has 0 bridgehead atoms. The molecule has 0 saturated heterocycles. The molecule has 0 unspecified atom stereocenters. The van der Waals surface area contributed by atoms with Gasteiger partial charge in [0.2, 0.25) is 11.0 Å². The quantitative estimate of drug-likeness (QED) is 0.561. The summed E-state index contributed by atoms with van der Waals surface area (Å²) >= 11 is 0. The summed E-state index contributed by atoms with van der Waals surface area (Å²) in [7, 11) is 0. The lowest BCUT2D eigenvalue weighted by atomic mass is 10.1. The number of hydrogen-bond acceptors (Lipinski definition) is 6. The minimum Gasteiger partial charge on any atom is -0.480 e. The second kappa shape index (κ2) is 8.11. The standard InChI is InChI=1S/C18H16N4O5/c19-15(17(23)24)10-12-6-8-14(9-7-12)26-18(25)20-16-11-22(21-27-16)13-4-2-1-3-5-13/h1-9,11,15H,10,19H2,(H-,20,21,23,24,25)/p+1/t15-/m0/s1. The number of carbonyl (C=O) groups is 2. The number of para-hydroxylation sites is 1. The molecule has 1 aromatic heterocycles. The summed E-state index contributed by atoms with van der Waals surface area (Å²) in [6, 6.07) is 14.7. The zero-order valence-electron chi connectivity index (χ0n) is 14.1. The molecule has 2 aromatic carbocycles. The Bertz CT molecular complexity index is 924. The van der Waals surface area contributed by atoms with Crippen LogP contribution in [-0.4, -0.2) is 28.5 Å². The molecule has 4 N–H and O–H groups in total. The van der Waals surface area contributed by atoms with Gasteiger partial charge in [-0.2, -0.15) is 0 Å². The van der Waals surface area contributed by atoms with Gasteiger partial charge in [-0.3, -0.25) is 14.6 Å². The number of carboxylic acid groups (broad SMARTS) is 1. The molecule has 0 fully saturated rings. The van der Waals surface area contributed by atoms with Crippen LogP contribution in [0.1, 0.15) is 5.56 Å². The molecule has 1 heterocycles.